The lowest BCUT2D eigenvalue weighted by Gasteiger charge is -2.16. The molecule has 152 valence electrons. The van der Waals surface area contributed by atoms with E-state index < -0.39 is 5.63 Å². The van der Waals surface area contributed by atoms with Gasteiger partial charge in [-0.1, -0.05) is 30.3 Å². The van der Waals surface area contributed by atoms with E-state index in [0.717, 1.165) is 16.5 Å². The minimum Gasteiger partial charge on any atom is -0.497 e. The first-order chi connectivity index (χ1) is 14.0. The second-order valence-corrected chi connectivity index (χ2v) is 6.99. The SMILES string of the molecule is COc1ccc2c(C)c(CCC(=O)NC(CO)Cc3ccccc3)c(=O)oc2c1. The summed E-state index contributed by atoms with van der Waals surface area (Å²) in [5.41, 5.74) is 2.34. The predicted molar refractivity (Wildman–Crippen MR) is 111 cm³/mol. The molecule has 2 N–H and O–H groups in total. The van der Waals surface area contributed by atoms with Gasteiger partial charge in [-0.2, -0.15) is 0 Å². The zero-order valence-corrected chi connectivity index (χ0v) is 16.6. The number of nitrogens with one attached hydrogen (secondary N) is 1. The zero-order chi connectivity index (χ0) is 20.8. The van der Waals surface area contributed by atoms with Crippen LogP contribution >= 0.6 is 0 Å². The van der Waals surface area contributed by atoms with Gasteiger partial charge in [0, 0.05) is 23.4 Å². The largest absolute Gasteiger partial charge is 0.497 e. The lowest BCUT2D eigenvalue weighted by atomic mass is 10.0. The summed E-state index contributed by atoms with van der Waals surface area (Å²) in [5, 5.41) is 13.2. The van der Waals surface area contributed by atoms with E-state index in [1.807, 2.05) is 43.3 Å². The molecule has 0 saturated heterocycles. The molecular formula is C23H25NO5. The van der Waals surface area contributed by atoms with E-state index >= 15 is 0 Å². The quantitative estimate of drug-likeness (QED) is 0.573. The molecule has 0 fully saturated rings. The number of carbonyl (C=O) groups excluding carboxylic acids is 1. The van der Waals surface area contributed by atoms with Gasteiger partial charge in [-0.05, 0) is 43.0 Å². The van der Waals surface area contributed by atoms with Gasteiger partial charge in [0.25, 0.3) is 0 Å². The van der Waals surface area contributed by atoms with Gasteiger partial charge in [-0.25, -0.2) is 4.79 Å². The van der Waals surface area contributed by atoms with Crippen LogP contribution in [0.25, 0.3) is 11.0 Å². The summed E-state index contributed by atoms with van der Waals surface area (Å²) in [5.74, 6) is 0.397. The third-order valence-electron chi connectivity index (χ3n) is 5.01. The highest BCUT2D eigenvalue weighted by Gasteiger charge is 2.16. The number of amides is 1. The molecule has 1 unspecified atom stereocenters. The summed E-state index contributed by atoms with van der Waals surface area (Å²) in [6, 6.07) is 14.6. The van der Waals surface area contributed by atoms with E-state index in [1.165, 1.54) is 0 Å². The topological polar surface area (TPSA) is 88.8 Å². The minimum absolute atomic E-state index is 0.137. The summed E-state index contributed by atoms with van der Waals surface area (Å²) in [6.07, 6.45) is 0.950. The number of rotatable bonds is 8. The van der Waals surface area contributed by atoms with Crippen molar-refractivity contribution in [2.75, 3.05) is 13.7 Å². The fourth-order valence-electron chi connectivity index (χ4n) is 3.39. The van der Waals surface area contributed by atoms with Crippen molar-refractivity contribution in [2.45, 2.75) is 32.2 Å². The Bertz CT molecular complexity index is 1040. The smallest absolute Gasteiger partial charge is 0.339 e. The highest BCUT2D eigenvalue weighted by molar-refractivity contribution is 5.82. The molecule has 1 aromatic heterocycles. The first-order valence-corrected chi connectivity index (χ1v) is 9.56. The predicted octanol–water partition coefficient (Wildman–Crippen LogP) is 2.76. The molecule has 0 radical (unpaired) electrons. The molecule has 0 aliphatic carbocycles. The Morgan fingerprint density at radius 2 is 1.97 bits per heavy atom. The summed E-state index contributed by atoms with van der Waals surface area (Å²) in [6.45, 7) is 1.70. The normalized spacial score (nSPS) is 12.0. The molecule has 1 atom stereocenters. The molecule has 0 aliphatic rings. The average Bonchev–Trinajstić information content (AvgIpc) is 2.73. The van der Waals surface area contributed by atoms with Crippen molar-refractivity contribution in [3.05, 3.63) is 75.6 Å². The van der Waals surface area contributed by atoms with Crippen LogP contribution in [0.15, 0.2) is 57.7 Å². The number of ether oxygens (including phenoxy) is 1. The van der Waals surface area contributed by atoms with Gasteiger partial charge in [-0.3, -0.25) is 4.79 Å². The van der Waals surface area contributed by atoms with Crippen LogP contribution in [-0.2, 0) is 17.6 Å². The molecule has 0 bridgehead atoms. The standard InChI is InChI=1S/C23H25NO5/c1-15-19-9-8-18(28-2)13-21(19)29-23(27)20(15)10-11-22(26)24-17(14-25)12-16-6-4-3-5-7-16/h3-9,13,17,25H,10-12,14H2,1-2H3,(H,24,26). The lowest BCUT2D eigenvalue weighted by Crippen LogP contribution is -2.39. The van der Waals surface area contributed by atoms with Gasteiger partial charge in [0.05, 0.1) is 19.8 Å². The fraction of sp³-hybridized carbons (Fsp3) is 0.304. The third kappa shape index (κ3) is 5.03. The highest BCUT2D eigenvalue weighted by atomic mass is 16.5. The van der Waals surface area contributed by atoms with E-state index in [9.17, 15) is 14.7 Å². The van der Waals surface area contributed by atoms with Crippen molar-refractivity contribution in [2.24, 2.45) is 0 Å². The average molecular weight is 395 g/mol. The van der Waals surface area contributed by atoms with Crippen molar-refractivity contribution >= 4 is 16.9 Å². The first kappa shape index (κ1) is 20.6. The highest BCUT2D eigenvalue weighted by Crippen LogP contribution is 2.24. The lowest BCUT2D eigenvalue weighted by molar-refractivity contribution is -0.122. The van der Waals surface area contributed by atoms with Gasteiger partial charge < -0.3 is 19.6 Å². The molecule has 0 saturated carbocycles. The van der Waals surface area contributed by atoms with Crippen LogP contribution in [0.2, 0.25) is 0 Å². The van der Waals surface area contributed by atoms with Gasteiger partial charge in [-0.15, -0.1) is 0 Å². The van der Waals surface area contributed by atoms with E-state index in [1.54, 1.807) is 19.2 Å². The van der Waals surface area contributed by atoms with Crippen LogP contribution in [0.5, 0.6) is 5.75 Å². The molecular weight excluding hydrogens is 370 g/mol. The molecule has 29 heavy (non-hydrogen) atoms. The Labute approximate surface area is 169 Å². The summed E-state index contributed by atoms with van der Waals surface area (Å²) in [4.78, 5) is 24.8. The Kier molecular flexibility index (Phi) is 6.67. The van der Waals surface area contributed by atoms with Crippen molar-refractivity contribution in [3.63, 3.8) is 0 Å². The van der Waals surface area contributed by atoms with Crippen LogP contribution in [-0.4, -0.2) is 30.8 Å². The Morgan fingerprint density at radius 1 is 1.21 bits per heavy atom. The van der Waals surface area contributed by atoms with Crippen molar-refractivity contribution in [1.29, 1.82) is 0 Å². The Hall–Kier alpha value is -3.12. The molecule has 1 heterocycles. The molecule has 6 heteroatoms. The van der Waals surface area contributed by atoms with E-state index in [2.05, 4.69) is 5.32 Å². The van der Waals surface area contributed by atoms with E-state index in [-0.39, 0.29) is 31.4 Å². The number of aryl methyl sites for hydroxylation is 1. The monoisotopic (exact) mass is 395 g/mol. The maximum Gasteiger partial charge on any atom is 0.339 e. The number of methoxy groups -OCH3 is 1. The summed E-state index contributed by atoms with van der Waals surface area (Å²) < 4.78 is 10.6. The number of aliphatic hydroxyl groups excluding tert-OH is 1. The maximum atomic E-state index is 12.4. The van der Waals surface area contributed by atoms with Crippen molar-refractivity contribution < 1.29 is 19.1 Å². The maximum absolute atomic E-state index is 12.4. The van der Waals surface area contributed by atoms with Crippen LogP contribution in [0.3, 0.4) is 0 Å². The van der Waals surface area contributed by atoms with Crippen LogP contribution < -0.4 is 15.7 Å². The van der Waals surface area contributed by atoms with Crippen LogP contribution in [0.1, 0.15) is 23.1 Å². The molecule has 0 aliphatic heterocycles. The number of hydrogen-bond donors (Lipinski definition) is 2. The number of carbonyl (C=O) groups is 1. The number of hydrogen-bond acceptors (Lipinski definition) is 5. The number of benzene rings is 2. The second kappa shape index (κ2) is 9.39. The van der Waals surface area contributed by atoms with E-state index in [4.69, 9.17) is 9.15 Å². The van der Waals surface area contributed by atoms with Gasteiger partial charge in [0.1, 0.15) is 11.3 Å². The van der Waals surface area contributed by atoms with Gasteiger partial charge in [0.2, 0.25) is 5.91 Å². The van der Waals surface area contributed by atoms with Crippen LogP contribution in [0, 0.1) is 6.92 Å². The fourth-order valence-corrected chi connectivity index (χ4v) is 3.39. The Morgan fingerprint density at radius 3 is 2.66 bits per heavy atom. The second-order valence-electron chi connectivity index (χ2n) is 6.99. The van der Waals surface area contributed by atoms with Crippen LogP contribution in [0.4, 0.5) is 0 Å². The summed E-state index contributed by atoms with van der Waals surface area (Å²) >= 11 is 0. The molecule has 0 spiro atoms. The summed E-state index contributed by atoms with van der Waals surface area (Å²) in [7, 11) is 1.55. The molecule has 1 amide bonds. The molecule has 3 rings (SSSR count). The molecule has 2 aromatic carbocycles. The third-order valence-corrected chi connectivity index (χ3v) is 5.01. The van der Waals surface area contributed by atoms with Gasteiger partial charge in [0.15, 0.2) is 0 Å². The Balaban J connectivity index is 1.68. The number of fused-ring (bicyclic) bond motifs is 1. The van der Waals surface area contributed by atoms with Crippen molar-refractivity contribution in [1.82, 2.24) is 5.32 Å². The van der Waals surface area contributed by atoms with Crippen molar-refractivity contribution in [3.8, 4) is 5.75 Å². The zero-order valence-electron chi connectivity index (χ0n) is 16.6. The number of aliphatic hydroxyl groups is 1. The minimum atomic E-state index is -0.445. The molecule has 3 aromatic rings. The molecule has 6 nitrogen and oxygen atoms in total. The first-order valence-electron chi connectivity index (χ1n) is 9.56. The van der Waals surface area contributed by atoms with Gasteiger partial charge >= 0.3 is 5.63 Å². The van der Waals surface area contributed by atoms with E-state index in [0.29, 0.717) is 23.3 Å².